The Morgan fingerprint density at radius 1 is 0.939 bits per heavy atom. The molecule has 0 spiro atoms. The maximum Gasteiger partial charge on any atom is 0.278 e. The van der Waals surface area contributed by atoms with Crippen molar-refractivity contribution in [1.82, 2.24) is 14.7 Å². The van der Waals surface area contributed by atoms with E-state index in [2.05, 4.69) is 10.2 Å². The third-order valence-corrected chi connectivity index (χ3v) is 5.93. The van der Waals surface area contributed by atoms with Crippen molar-refractivity contribution in [1.29, 1.82) is 0 Å². The molecule has 2 N–H and O–H groups in total. The van der Waals surface area contributed by atoms with Crippen molar-refractivity contribution in [2.45, 2.75) is 13.5 Å². The minimum absolute atomic E-state index is 0.0941. The summed E-state index contributed by atoms with van der Waals surface area (Å²) in [5, 5.41) is 11.9. The Labute approximate surface area is 193 Å². The Morgan fingerprint density at radius 2 is 1.61 bits per heavy atom. The fourth-order valence-electron chi connectivity index (χ4n) is 4.29. The van der Waals surface area contributed by atoms with Gasteiger partial charge in [-0.3, -0.25) is 24.2 Å². The van der Waals surface area contributed by atoms with E-state index in [1.54, 1.807) is 24.3 Å². The molecule has 3 amide bonds. The number of hydrogen-bond acceptors (Lipinski definition) is 6. The third kappa shape index (κ3) is 4.97. The largest absolute Gasteiger partial charge is 0.395 e. The average Bonchev–Trinajstić information content (AvgIpc) is 3.05. The van der Waals surface area contributed by atoms with Crippen LogP contribution in [0.1, 0.15) is 18.1 Å². The van der Waals surface area contributed by atoms with Crippen LogP contribution in [-0.4, -0.2) is 76.9 Å². The fraction of sp³-hybridized carbons (Fsp3) is 0.320. The van der Waals surface area contributed by atoms with Gasteiger partial charge >= 0.3 is 0 Å². The molecule has 0 saturated carbocycles. The van der Waals surface area contributed by atoms with Crippen LogP contribution in [0.2, 0.25) is 0 Å². The monoisotopic (exact) mass is 448 g/mol. The number of aliphatic hydroxyl groups excluding tert-OH is 1. The van der Waals surface area contributed by atoms with Crippen molar-refractivity contribution >= 4 is 29.0 Å². The van der Waals surface area contributed by atoms with E-state index in [0.29, 0.717) is 55.2 Å². The highest BCUT2D eigenvalue weighted by molar-refractivity contribution is 6.35. The molecule has 0 radical (unpaired) electrons. The minimum Gasteiger partial charge on any atom is -0.395 e. The van der Waals surface area contributed by atoms with E-state index in [0.717, 1.165) is 5.56 Å². The summed E-state index contributed by atoms with van der Waals surface area (Å²) in [6.07, 6.45) is 0. The molecule has 8 heteroatoms. The van der Waals surface area contributed by atoms with E-state index < -0.39 is 0 Å². The Bertz CT molecular complexity index is 1060. The van der Waals surface area contributed by atoms with Crippen molar-refractivity contribution in [3.8, 4) is 0 Å². The average molecular weight is 449 g/mol. The van der Waals surface area contributed by atoms with Crippen LogP contribution in [0.4, 0.5) is 5.69 Å². The number of nitrogens with one attached hydrogen (secondary N) is 1. The van der Waals surface area contributed by atoms with Crippen molar-refractivity contribution in [2.24, 2.45) is 0 Å². The highest BCUT2D eigenvalue weighted by atomic mass is 16.3. The predicted molar refractivity (Wildman–Crippen MR) is 125 cm³/mol. The zero-order chi connectivity index (χ0) is 23.4. The Kier molecular flexibility index (Phi) is 6.86. The number of amides is 3. The molecule has 172 valence electrons. The first kappa shape index (κ1) is 22.7. The summed E-state index contributed by atoms with van der Waals surface area (Å²) in [6.45, 7) is 4.94. The number of carbonyl (C=O) groups is 3. The zero-order valence-corrected chi connectivity index (χ0v) is 18.7. The van der Waals surface area contributed by atoms with E-state index in [-0.39, 0.29) is 30.9 Å². The van der Waals surface area contributed by atoms with E-state index in [9.17, 15) is 19.5 Å². The lowest BCUT2D eigenvalue weighted by Gasteiger charge is -2.36. The van der Waals surface area contributed by atoms with E-state index in [4.69, 9.17) is 0 Å². The summed E-state index contributed by atoms with van der Waals surface area (Å²) in [5.41, 5.74) is 2.97. The van der Waals surface area contributed by atoms with Gasteiger partial charge in [-0.15, -0.1) is 0 Å². The molecule has 2 aliphatic rings. The van der Waals surface area contributed by atoms with E-state index >= 15 is 0 Å². The topological polar surface area (TPSA) is 93.2 Å². The fourth-order valence-corrected chi connectivity index (χ4v) is 4.29. The number of carbonyl (C=O) groups excluding carboxylic acids is 3. The number of anilines is 1. The van der Waals surface area contributed by atoms with E-state index in [1.807, 2.05) is 35.2 Å². The third-order valence-electron chi connectivity index (χ3n) is 5.93. The molecule has 8 nitrogen and oxygen atoms in total. The van der Waals surface area contributed by atoms with Gasteiger partial charge in [0, 0.05) is 45.3 Å². The Hall–Kier alpha value is -3.49. The number of hydrogen-bond donors (Lipinski definition) is 2. The van der Waals surface area contributed by atoms with Gasteiger partial charge < -0.3 is 15.3 Å². The lowest BCUT2D eigenvalue weighted by Crippen LogP contribution is -2.48. The number of piperazine rings is 1. The van der Waals surface area contributed by atoms with Gasteiger partial charge in [-0.1, -0.05) is 42.5 Å². The summed E-state index contributed by atoms with van der Waals surface area (Å²) < 4.78 is 0. The van der Waals surface area contributed by atoms with Crippen LogP contribution in [0, 0.1) is 0 Å². The number of β-amino-alcohol motifs (C(OH)–C–C–N with tert-alkyl or cyclic N) is 1. The van der Waals surface area contributed by atoms with Gasteiger partial charge in [0.1, 0.15) is 5.70 Å². The number of nitrogens with zero attached hydrogens (tertiary/aromatic N) is 3. The van der Waals surface area contributed by atoms with Gasteiger partial charge in [0.2, 0.25) is 5.91 Å². The van der Waals surface area contributed by atoms with Crippen LogP contribution in [0.25, 0.3) is 5.57 Å². The molecule has 0 aromatic heterocycles. The van der Waals surface area contributed by atoms with Gasteiger partial charge in [0.25, 0.3) is 11.8 Å². The minimum atomic E-state index is -0.316. The molecule has 4 rings (SSSR count). The van der Waals surface area contributed by atoms with Gasteiger partial charge in [-0.25, -0.2) is 0 Å². The number of aliphatic hydroxyl groups is 1. The number of imide groups is 1. The molecule has 2 heterocycles. The summed E-state index contributed by atoms with van der Waals surface area (Å²) in [5.74, 6) is -0.783. The Morgan fingerprint density at radius 3 is 2.21 bits per heavy atom. The highest BCUT2D eigenvalue weighted by Crippen LogP contribution is 2.33. The van der Waals surface area contributed by atoms with Gasteiger partial charge in [0.05, 0.1) is 18.7 Å². The second kappa shape index (κ2) is 9.97. The molecule has 2 aromatic rings. The van der Waals surface area contributed by atoms with Crippen molar-refractivity contribution in [3.05, 3.63) is 71.4 Å². The molecule has 0 unspecified atom stereocenters. The van der Waals surface area contributed by atoms with Gasteiger partial charge in [0.15, 0.2) is 0 Å². The second-order valence-corrected chi connectivity index (χ2v) is 8.22. The highest BCUT2D eigenvalue weighted by Gasteiger charge is 2.42. The first-order valence-electron chi connectivity index (χ1n) is 11.1. The van der Waals surface area contributed by atoms with Crippen molar-refractivity contribution in [2.75, 3.05) is 44.6 Å². The van der Waals surface area contributed by atoms with Crippen LogP contribution in [0.3, 0.4) is 0 Å². The smallest absolute Gasteiger partial charge is 0.278 e. The molecule has 33 heavy (non-hydrogen) atoms. The predicted octanol–water partition coefficient (Wildman–Crippen LogP) is 1.53. The molecule has 1 fully saturated rings. The molecule has 2 aromatic carbocycles. The van der Waals surface area contributed by atoms with Crippen LogP contribution >= 0.6 is 0 Å². The van der Waals surface area contributed by atoms with Crippen LogP contribution < -0.4 is 5.32 Å². The summed E-state index contributed by atoms with van der Waals surface area (Å²) in [4.78, 5) is 43.8. The SMILES string of the molecule is CC(=O)Nc1ccc(C2=C(N3CCN(CCO)CC3)C(=O)N(Cc3ccccc3)C2=O)cc1. The standard InChI is InChI=1S/C25H28N4O4/c1-18(31)26-21-9-7-20(8-10-21)22-23(28-13-11-27(12-14-28)15-16-30)25(33)29(24(22)32)17-19-5-3-2-4-6-19/h2-10,30H,11-17H2,1H3,(H,26,31). The molecule has 0 atom stereocenters. The van der Waals surface area contributed by atoms with Gasteiger partial charge in [-0.05, 0) is 23.3 Å². The molecule has 0 bridgehead atoms. The number of benzene rings is 2. The molecule has 0 aliphatic carbocycles. The molecule has 1 saturated heterocycles. The summed E-state index contributed by atoms with van der Waals surface area (Å²) in [6, 6.07) is 16.5. The second-order valence-electron chi connectivity index (χ2n) is 8.22. The van der Waals surface area contributed by atoms with Crippen molar-refractivity contribution in [3.63, 3.8) is 0 Å². The van der Waals surface area contributed by atoms with Gasteiger partial charge in [-0.2, -0.15) is 0 Å². The number of rotatable bonds is 7. The summed E-state index contributed by atoms with van der Waals surface area (Å²) >= 11 is 0. The normalized spacial score (nSPS) is 17.2. The van der Waals surface area contributed by atoms with Crippen LogP contribution in [-0.2, 0) is 20.9 Å². The van der Waals surface area contributed by atoms with E-state index in [1.165, 1.54) is 11.8 Å². The van der Waals surface area contributed by atoms with Crippen LogP contribution in [0.15, 0.2) is 60.3 Å². The molecular formula is C25H28N4O4. The zero-order valence-electron chi connectivity index (χ0n) is 18.7. The molecular weight excluding hydrogens is 420 g/mol. The summed E-state index contributed by atoms with van der Waals surface area (Å²) in [7, 11) is 0. The Balaban J connectivity index is 1.66. The maximum atomic E-state index is 13.5. The maximum absolute atomic E-state index is 13.5. The lowest BCUT2D eigenvalue weighted by molar-refractivity contribution is -0.138. The van der Waals surface area contributed by atoms with Crippen molar-refractivity contribution < 1.29 is 19.5 Å². The first-order chi connectivity index (χ1) is 16.0. The molecule has 2 aliphatic heterocycles. The lowest BCUT2D eigenvalue weighted by atomic mass is 10.0. The first-order valence-corrected chi connectivity index (χ1v) is 11.1. The quantitative estimate of drug-likeness (QED) is 0.624. The van der Waals surface area contributed by atoms with Crippen LogP contribution in [0.5, 0.6) is 0 Å².